The number of ether oxygens (including phenoxy) is 2. The van der Waals surface area contributed by atoms with E-state index >= 15 is 0 Å². The molecule has 0 saturated carbocycles. The zero-order valence-corrected chi connectivity index (χ0v) is 8.71. The lowest BCUT2D eigenvalue weighted by molar-refractivity contribution is -0.0970. The molecule has 4 heteroatoms. The molecule has 0 aromatic heterocycles. The summed E-state index contributed by atoms with van der Waals surface area (Å²) in [6.07, 6.45) is 1.54. The van der Waals surface area contributed by atoms with Gasteiger partial charge in [-0.15, -0.1) is 0 Å². The molecule has 2 heterocycles. The van der Waals surface area contributed by atoms with E-state index < -0.39 is 0 Å². The van der Waals surface area contributed by atoms with Gasteiger partial charge < -0.3 is 14.8 Å². The molecular weight excluding hydrogens is 180 g/mol. The number of nitrogens with one attached hydrogen (secondary N) is 1. The Balaban J connectivity index is 1.71. The van der Waals surface area contributed by atoms with Crippen molar-refractivity contribution in [1.29, 1.82) is 0 Å². The van der Waals surface area contributed by atoms with E-state index in [1.807, 2.05) is 0 Å². The fourth-order valence-electron chi connectivity index (χ4n) is 2.01. The van der Waals surface area contributed by atoms with Crippen molar-refractivity contribution in [3.63, 3.8) is 0 Å². The van der Waals surface area contributed by atoms with Crippen molar-refractivity contribution < 1.29 is 9.47 Å². The Hall–Kier alpha value is -0.160. The Labute approximate surface area is 85.5 Å². The van der Waals surface area contributed by atoms with Crippen LogP contribution in [0.4, 0.5) is 0 Å². The van der Waals surface area contributed by atoms with Crippen LogP contribution in [-0.4, -0.2) is 63.5 Å². The number of hydrogen-bond acceptors (Lipinski definition) is 4. The summed E-state index contributed by atoms with van der Waals surface area (Å²) in [5, 5.41) is 3.40. The van der Waals surface area contributed by atoms with Gasteiger partial charge in [-0.3, -0.25) is 4.90 Å². The van der Waals surface area contributed by atoms with Crippen molar-refractivity contribution in [1.82, 2.24) is 10.2 Å². The molecule has 0 radical (unpaired) electrons. The summed E-state index contributed by atoms with van der Waals surface area (Å²) in [5.74, 6) is 0. The first-order valence-electron chi connectivity index (χ1n) is 5.57. The molecule has 2 aliphatic heterocycles. The van der Waals surface area contributed by atoms with Crippen LogP contribution in [0.2, 0.25) is 0 Å². The maximum absolute atomic E-state index is 5.63. The minimum Gasteiger partial charge on any atom is -0.376 e. The zero-order valence-electron chi connectivity index (χ0n) is 8.71. The monoisotopic (exact) mass is 200 g/mol. The van der Waals surface area contributed by atoms with Gasteiger partial charge >= 0.3 is 0 Å². The SMILES string of the molecule is C1CNCCN(CC2COCCO2)C1. The Morgan fingerprint density at radius 3 is 3.07 bits per heavy atom. The summed E-state index contributed by atoms with van der Waals surface area (Å²) >= 11 is 0. The Bertz CT molecular complexity index is 152. The Morgan fingerprint density at radius 2 is 2.21 bits per heavy atom. The summed E-state index contributed by atoms with van der Waals surface area (Å²) in [6, 6.07) is 0. The van der Waals surface area contributed by atoms with E-state index in [2.05, 4.69) is 10.2 Å². The lowest BCUT2D eigenvalue weighted by atomic mass is 10.3. The summed E-state index contributed by atoms with van der Waals surface area (Å²) in [7, 11) is 0. The second-order valence-corrected chi connectivity index (χ2v) is 3.97. The molecule has 4 nitrogen and oxygen atoms in total. The van der Waals surface area contributed by atoms with Gasteiger partial charge in [-0.05, 0) is 19.5 Å². The summed E-state index contributed by atoms with van der Waals surface area (Å²) in [4.78, 5) is 2.47. The summed E-state index contributed by atoms with van der Waals surface area (Å²) in [5.41, 5.74) is 0. The van der Waals surface area contributed by atoms with E-state index in [1.54, 1.807) is 0 Å². The van der Waals surface area contributed by atoms with E-state index in [1.165, 1.54) is 13.0 Å². The maximum atomic E-state index is 5.63. The van der Waals surface area contributed by atoms with Crippen molar-refractivity contribution in [3.8, 4) is 0 Å². The smallest absolute Gasteiger partial charge is 0.0936 e. The van der Waals surface area contributed by atoms with Gasteiger partial charge in [0.15, 0.2) is 0 Å². The molecule has 0 aliphatic carbocycles. The van der Waals surface area contributed by atoms with E-state index in [-0.39, 0.29) is 0 Å². The van der Waals surface area contributed by atoms with E-state index in [0.717, 1.165) is 46.0 Å². The highest BCUT2D eigenvalue weighted by molar-refractivity contribution is 4.71. The van der Waals surface area contributed by atoms with Crippen LogP contribution in [0.3, 0.4) is 0 Å². The van der Waals surface area contributed by atoms with Crippen LogP contribution in [0, 0.1) is 0 Å². The minimum absolute atomic E-state index is 0.293. The van der Waals surface area contributed by atoms with Crippen LogP contribution < -0.4 is 5.32 Å². The molecule has 1 atom stereocenters. The van der Waals surface area contributed by atoms with Gasteiger partial charge in [-0.1, -0.05) is 0 Å². The lowest BCUT2D eigenvalue weighted by Gasteiger charge is -2.28. The van der Waals surface area contributed by atoms with E-state index in [0.29, 0.717) is 6.10 Å². The van der Waals surface area contributed by atoms with Crippen LogP contribution in [0.5, 0.6) is 0 Å². The Kier molecular flexibility index (Phi) is 4.19. The number of rotatable bonds is 2. The largest absolute Gasteiger partial charge is 0.376 e. The summed E-state index contributed by atoms with van der Waals surface area (Å²) in [6.45, 7) is 7.90. The molecule has 1 unspecified atom stereocenters. The molecule has 0 aromatic rings. The average molecular weight is 200 g/mol. The third-order valence-electron chi connectivity index (χ3n) is 2.78. The zero-order chi connectivity index (χ0) is 9.64. The van der Waals surface area contributed by atoms with Gasteiger partial charge in [-0.2, -0.15) is 0 Å². The first-order chi connectivity index (χ1) is 6.95. The fourth-order valence-corrected chi connectivity index (χ4v) is 2.01. The molecule has 2 rings (SSSR count). The van der Waals surface area contributed by atoms with Crippen molar-refractivity contribution in [2.24, 2.45) is 0 Å². The molecule has 14 heavy (non-hydrogen) atoms. The first-order valence-corrected chi connectivity index (χ1v) is 5.57. The molecule has 0 amide bonds. The van der Waals surface area contributed by atoms with Gasteiger partial charge in [0.1, 0.15) is 0 Å². The van der Waals surface area contributed by atoms with Crippen molar-refractivity contribution in [3.05, 3.63) is 0 Å². The molecule has 1 N–H and O–H groups in total. The van der Waals surface area contributed by atoms with Crippen LogP contribution in [0.1, 0.15) is 6.42 Å². The highest BCUT2D eigenvalue weighted by Crippen LogP contribution is 2.04. The van der Waals surface area contributed by atoms with E-state index in [9.17, 15) is 0 Å². The van der Waals surface area contributed by atoms with Gasteiger partial charge in [0, 0.05) is 19.6 Å². The van der Waals surface area contributed by atoms with Crippen molar-refractivity contribution in [2.45, 2.75) is 12.5 Å². The highest BCUT2D eigenvalue weighted by atomic mass is 16.6. The van der Waals surface area contributed by atoms with Crippen LogP contribution in [0.25, 0.3) is 0 Å². The highest BCUT2D eigenvalue weighted by Gasteiger charge is 2.18. The van der Waals surface area contributed by atoms with Crippen LogP contribution >= 0.6 is 0 Å². The molecule has 0 spiro atoms. The molecule has 82 valence electrons. The normalized spacial score (nSPS) is 31.3. The lowest BCUT2D eigenvalue weighted by Crippen LogP contribution is -2.41. The first kappa shape index (κ1) is 10.4. The average Bonchev–Trinajstić information content (AvgIpc) is 2.48. The molecular formula is C10H20N2O2. The Morgan fingerprint density at radius 1 is 1.21 bits per heavy atom. The van der Waals surface area contributed by atoms with Crippen LogP contribution in [0.15, 0.2) is 0 Å². The molecule has 2 fully saturated rings. The summed E-state index contributed by atoms with van der Waals surface area (Å²) < 4.78 is 11.0. The third kappa shape index (κ3) is 3.20. The fraction of sp³-hybridized carbons (Fsp3) is 1.00. The topological polar surface area (TPSA) is 33.7 Å². The molecule has 2 aliphatic rings. The molecule has 0 aromatic carbocycles. The van der Waals surface area contributed by atoms with Crippen LogP contribution in [-0.2, 0) is 9.47 Å². The molecule has 2 saturated heterocycles. The van der Waals surface area contributed by atoms with Gasteiger partial charge in [-0.25, -0.2) is 0 Å². The second-order valence-electron chi connectivity index (χ2n) is 3.97. The standard InChI is InChI=1S/C10H20N2O2/c1-2-11-3-5-12(4-1)8-10-9-13-6-7-14-10/h10-11H,1-9H2. The van der Waals surface area contributed by atoms with Crippen molar-refractivity contribution in [2.75, 3.05) is 52.5 Å². The molecule has 0 bridgehead atoms. The van der Waals surface area contributed by atoms with Gasteiger partial charge in [0.25, 0.3) is 0 Å². The second kappa shape index (κ2) is 5.66. The van der Waals surface area contributed by atoms with Gasteiger partial charge in [0.05, 0.1) is 25.9 Å². The maximum Gasteiger partial charge on any atom is 0.0936 e. The predicted molar refractivity (Wildman–Crippen MR) is 54.5 cm³/mol. The minimum atomic E-state index is 0.293. The number of nitrogens with zero attached hydrogens (tertiary/aromatic N) is 1. The predicted octanol–water partition coefficient (Wildman–Crippen LogP) is -0.303. The van der Waals surface area contributed by atoms with Crippen molar-refractivity contribution >= 4 is 0 Å². The quantitative estimate of drug-likeness (QED) is 0.663. The third-order valence-corrected chi connectivity index (χ3v) is 2.78. The van der Waals surface area contributed by atoms with Gasteiger partial charge in [0.2, 0.25) is 0 Å². The van der Waals surface area contributed by atoms with E-state index in [4.69, 9.17) is 9.47 Å². The number of hydrogen-bond donors (Lipinski definition) is 1.